The Labute approximate surface area is 129 Å². The van der Waals surface area contributed by atoms with Crippen LogP contribution in [0.2, 0.25) is 0 Å². The van der Waals surface area contributed by atoms with Crippen molar-refractivity contribution in [2.75, 3.05) is 5.75 Å². The first-order chi connectivity index (χ1) is 10.0. The quantitative estimate of drug-likeness (QED) is 0.793. The Morgan fingerprint density at radius 1 is 1.24 bits per heavy atom. The lowest BCUT2D eigenvalue weighted by molar-refractivity contribution is -0.147. The number of carbonyl (C=O) groups is 2. The van der Waals surface area contributed by atoms with Crippen molar-refractivity contribution < 1.29 is 14.7 Å². The fourth-order valence-electron chi connectivity index (χ4n) is 2.60. The van der Waals surface area contributed by atoms with Crippen molar-refractivity contribution >= 4 is 23.6 Å². The molecule has 1 aromatic carbocycles. The lowest BCUT2D eigenvalue weighted by atomic mass is 9.98. The molecule has 1 aromatic rings. The third kappa shape index (κ3) is 4.24. The van der Waals surface area contributed by atoms with Crippen molar-refractivity contribution in [3.05, 3.63) is 29.8 Å². The highest BCUT2D eigenvalue weighted by atomic mass is 32.2. The highest BCUT2D eigenvalue weighted by Crippen LogP contribution is 2.30. The van der Waals surface area contributed by atoms with E-state index >= 15 is 0 Å². The molecule has 4 nitrogen and oxygen atoms in total. The van der Waals surface area contributed by atoms with Gasteiger partial charge in [-0.2, -0.15) is 0 Å². The van der Waals surface area contributed by atoms with E-state index in [0.29, 0.717) is 25.0 Å². The summed E-state index contributed by atoms with van der Waals surface area (Å²) in [7, 11) is 0. The van der Waals surface area contributed by atoms with Gasteiger partial charge in [-0.15, -0.1) is 11.8 Å². The summed E-state index contributed by atoms with van der Waals surface area (Å²) >= 11 is 1.61. The molecule has 2 N–H and O–H groups in total. The van der Waals surface area contributed by atoms with E-state index < -0.39 is 11.5 Å². The molecule has 0 saturated heterocycles. The topological polar surface area (TPSA) is 66.4 Å². The lowest BCUT2D eigenvalue weighted by Crippen LogP contribution is -2.52. The highest BCUT2D eigenvalue weighted by Gasteiger charge is 2.42. The van der Waals surface area contributed by atoms with E-state index in [2.05, 4.69) is 5.32 Å². The van der Waals surface area contributed by atoms with Gasteiger partial charge < -0.3 is 10.4 Å². The third-order valence-corrected chi connectivity index (χ3v) is 4.88. The van der Waals surface area contributed by atoms with Crippen molar-refractivity contribution in [3.8, 4) is 0 Å². The molecule has 2 rings (SSSR count). The van der Waals surface area contributed by atoms with Gasteiger partial charge in [-0.1, -0.05) is 30.5 Å². The van der Waals surface area contributed by atoms with Crippen LogP contribution in [0.5, 0.6) is 0 Å². The minimum Gasteiger partial charge on any atom is -0.480 e. The Bertz CT molecular complexity index is 507. The van der Waals surface area contributed by atoms with Crippen LogP contribution in [0, 0.1) is 6.92 Å². The Morgan fingerprint density at radius 2 is 1.86 bits per heavy atom. The van der Waals surface area contributed by atoms with E-state index in [1.54, 1.807) is 11.8 Å². The normalized spacial score (nSPS) is 16.6. The van der Waals surface area contributed by atoms with Crippen molar-refractivity contribution in [3.63, 3.8) is 0 Å². The Morgan fingerprint density at radius 3 is 2.43 bits per heavy atom. The third-order valence-electron chi connectivity index (χ3n) is 3.86. The SMILES string of the molecule is Cc1ccc(SCCC(=O)NC2(C(=O)O)CCCC2)cc1. The van der Waals surface area contributed by atoms with E-state index in [1.807, 2.05) is 31.2 Å². The van der Waals surface area contributed by atoms with Gasteiger partial charge in [0.2, 0.25) is 5.91 Å². The number of amides is 1. The summed E-state index contributed by atoms with van der Waals surface area (Å²) in [6.45, 7) is 2.04. The second kappa shape index (κ2) is 6.98. The number of carboxylic acid groups (broad SMARTS) is 1. The van der Waals surface area contributed by atoms with Gasteiger partial charge >= 0.3 is 5.97 Å². The second-order valence-corrected chi connectivity index (χ2v) is 6.72. The molecule has 0 aliphatic heterocycles. The molecule has 0 spiro atoms. The minimum atomic E-state index is -1.02. The summed E-state index contributed by atoms with van der Waals surface area (Å²) < 4.78 is 0. The molecule has 0 radical (unpaired) electrons. The van der Waals surface area contributed by atoms with Crippen LogP contribution in [0.3, 0.4) is 0 Å². The second-order valence-electron chi connectivity index (χ2n) is 5.55. The largest absolute Gasteiger partial charge is 0.480 e. The molecule has 0 aromatic heterocycles. The van der Waals surface area contributed by atoms with Crippen LogP contribution >= 0.6 is 11.8 Å². The molecule has 1 aliphatic carbocycles. The van der Waals surface area contributed by atoms with Crippen LogP contribution in [0.4, 0.5) is 0 Å². The number of hydrogen-bond donors (Lipinski definition) is 2. The van der Waals surface area contributed by atoms with Crippen molar-refractivity contribution in [1.29, 1.82) is 0 Å². The molecule has 0 heterocycles. The molecular weight excluding hydrogens is 286 g/mol. The van der Waals surface area contributed by atoms with E-state index in [-0.39, 0.29) is 5.91 Å². The molecule has 5 heteroatoms. The van der Waals surface area contributed by atoms with E-state index in [4.69, 9.17) is 0 Å². The molecule has 114 valence electrons. The molecule has 1 aliphatic rings. The zero-order chi connectivity index (χ0) is 15.3. The summed E-state index contributed by atoms with van der Waals surface area (Å²) in [5, 5.41) is 12.1. The monoisotopic (exact) mass is 307 g/mol. The predicted octanol–water partition coefficient (Wildman–Crippen LogP) is 2.99. The smallest absolute Gasteiger partial charge is 0.329 e. The summed E-state index contributed by atoms with van der Waals surface area (Å²) in [6, 6.07) is 8.15. The minimum absolute atomic E-state index is 0.168. The van der Waals surface area contributed by atoms with E-state index in [9.17, 15) is 14.7 Å². The molecule has 0 unspecified atom stereocenters. The van der Waals surface area contributed by atoms with Crippen LogP contribution < -0.4 is 5.32 Å². The number of benzene rings is 1. The first kappa shape index (κ1) is 15.9. The lowest BCUT2D eigenvalue weighted by Gasteiger charge is -2.25. The summed E-state index contributed by atoms with van der Waals surface area (Å²) in [5.41, 5.74) is 0.188. The number of rotatable bonds is 6. The van der Waals surface area contributed by atoms with Gasteiger partial charge in [0.25, 0.3) is 0 Å². The molecule has 1 fully saturated rings. The predicted molar refractivity (Wildman–Crippen MR) is 83.5 cm³/mol. The van der Waals surface area contributed by atoms with E-state index in [1.165, 1.54) is 5.56 Å². The fourth-order valence-corrected chi connectivity index (χ4v) is 3.45. The van der Waals surface area contributed by atoms with Crippen LogP contribution in [0.25, 0.3) is 0 Å². The molecule has 1 saturated carbocycles. The van der Waals surface area contributed by atoms with Gasteiger partial charge in [0, 0.05) is 17.1 Å². The zero-order valence-electron chi connectivity index (χ0n) is 12.2. The Kier molecular flexibility index (Phi) is 5.28. The van der Waals surface area contributed by atoms with E-state index in [0.717, 1.165) is 17.7 Å². The summed E-state index contributed by atoms with van der Waals surface area (Å²) in [5.74, 6) is -0.414. The number of carboxylic acids is 1. The Hall–Kier alpha value is -1.49. The van der Waals surface area contributed by atoms with Crippen LogP contribution in [0.1, 0.15) is 37.7 Å². The first-order valence-electron chi connectivity index (χ1n) is 7.26. The van der Waals surface area contributed by atoms with Crippen molar-refractivity contribution in [2.24, 2.45) is 0 Å². The zero-order valence-corrected chi connectivity index (χ0v) is 13.0. The van der Waals surface area contributed by atoms with Gasteiger partial charge in [-0.3, -0.25) is 4.79 Å². The van der Waals surface area contributed by atoms with Crippen LogP contribution in [-0.4, -0.2) is 28.3 Å². The van der Waals surface area contributed by atoms with Crippen LogP contribution in [-0.2, 0) is 9.59 Å². The maximum atomic E-state index is 12.0. The van der Waals surface area contributed by atoms with Gasteiger partial charge in [-0.05, 0) is 31.9 Å². The number of nitrogens with one attached hydrogen (secondary N) is 1. The summed E-state index contributed by atoms with van der Waals surface area (Å²) in [6.07, 6.45) is 3.15. The van der Waals surface area contributed by atoms with Gasteiger partial charge in [0.1, 0.15) is 5.54 Å². The average Bonchev–Trinajstić information content (AvgIpc) is 2.91. The van der Waals surface area contributed by atoms with Gasteiger partial charge in [0.15, 0.2) is 0 Å². The van der Waals surface area contributed by atoms with Gasteiger partial charge in [0.05, 0.1) is 0 Å². The van der Waals surface area contributed by atoms with Crippen molar-refractivity contribution in [1.82, 2.24) is 5.32 Å². The molecule has 0 bridgehead atoms. The molecule has 1 amide bonds. The number of carbonyl (C=O) groups excluding carboxylic acids is 1. The molecular formula is C16H21NO3S. The van der Waals surface area contributed by atoms with Gasteiger partial charge in [-0.25, -0.2) is 4.79 Å². The maximum absolute atomic E-state index is 12.0. The number of hydrogen-bond acceptors (Lipinski definition) is 3. The number of thioether (sulfide) groups is 1. The standard InChI is InChI=1S/C16H21NO3S/c1-12-4-6-13(7-5-12)21-11-8-14(18)17-16(15(19)20)9-2-3-10-16/h4-7H,2-3,8-11H2,1H3,(H,17,18)(H,19,20). The first-order valence-corrected chi connectivity index (χ1v) is 8.24. The highest BCUT2D eigenvalue weighted by molar-refractivity contribution is 7.99. The molecule has 0 atom stereocenters. The number of aliphatic carboxylic acids is 1. The van der Waals surface area contributed by atoms with Crippen LogP contribution in [0.15, 0.2) is 29.2 Å². The fraction of sp³-hybridized carbons (Fsp3) is 0.500. The number of aryl methyl sites for hydroxylation is 1. The molecule has 21 heavy (non-hydrogen) atoms. The Balaban J connectivity index is 1.79. The van der Waals surface area contributed by atoms with Crippen molar-refractivity contribution in [2.45, 2.75) is 49.5 Å². The summed E-state index contributed by atoms with van der Waals surface area (Å²) in [4.78, 5) is 24.5. The maximum Gasteiger partial charge on any atom is 0.329 e. The average molecular weight is 307 g/mol.